The van der Waals surface area contributed by atoms with Crippen molar-refractivity contribution in [1.29, 1.82) is 0 Å². The van der Waals surface area contributed by atoms with E-state index in [0.717, 1.165) is 5.56 Å². The van der Waals surface area contributed by atoms with Gasteiger partial charge in [0, 0.05) is 37.3 Å². The first kappa shape index (κ1) is 38.2. The summed E-state index contributed by atoms with van der Waals surface area (Å²) in [5, 5.41) is 48.1. The van der Waals surface area contributed by atoms with Crippen LogP contribution < -0.4 is 39.3 Å². The fourth-order valence-electron chi connectivity index (χ4n) is 5.91. The van der Waals surface area contributed by atoms with Crippen molar-refractivity contribution < 1.29 is 53.7 Å². The Morgan fingerprint density at radius 2 is 1.48 bits per heavy atom. The number of ether oxygens (including phenoxy) is 5. The second-order valence-electron chi connectivity index (χ2n) is 12.6. The quantitative estimate of drug-likeness (QED) is 0.0741. The molecule has 4 rings (SSSR count). The van der Waals surface area contributed by atoms with E-state index in [-0.39, 0.29) is 38.8 Å². The predicted molar refractivity (Wildman–Crippen MR) is 170 cm³/mol. The van der Waals surface area contributed by atoms with Gasteiger partial charge in [-0.3, -0.25) is 4.79 Å². The number of benzene rings is 1. The molecule has 1 aromatic carbocycles. The number of hydrogen-bond acceptors (Lipinski definition) is 16. The molecular formula is C30H51N7O11. The highest BCUT2D eigenvalue weighted by Gasteiger charge is 2.50. The number of hydrogen-bond donors (Lipinski definition) is 11. The summed E-state index contributed by atoms with van der Waals surface area (Å²) in [6.07, 6.45) is -11.4. The zero-order chi connectivity index (χ0) is 35.1. The van der Waals surface area contributed by atoms with E-state index in [1.807, 2.05) is 19.1 Å². The molecule has 0 bridgehead atoms. The number of nitrogens with two attached hydrogens (primary N) is 5. The van der Waals surface area contributed by atoms with Crippen molar-refractivity contribution in [3.63, 3.8) is 0 Å². The molecule has 3 fully saturated rings. The molecule has 1 aromatic rings. The smallest absolute Gasteiger partial charge is 0.319 e. The van der Waals surface area contributed by atoms with Crippen molar-refractivity contribution in [1.82, 2.24) is 5.32 Å². The molecule has 18 heteroatoms. The summed E-state index contributed by atoms with van der Waals surface area (Å²) < 4.78 is 28.6. The van der Waals surface area contributed by atoms with Gasteiger partial charge in [0.25, 0.3) is 0 Å². The van der Waals surface area contributed by atoms with Gasteiger partial charge in [-0.05, 0) is 38.3 Å². The molecule has 2 aliphatic heterocycles. The third-order valence-electron chi connectivity index (χ3n) is 8.80. The second kappa shape index (κ2) is 17.4. The van der Waals surface area contributed by atoms with E-state index in [9.17, 15) is 30.0 Å². The van der Waals surface area contributed by atoms with Gasteiger partial charge in [0.15, 0.2) is 12.6 Å². The summed E-state index contributed by atoms with van der Waals surface area (Å²) in [4.78, 5) is 24.5. The average molecular weight is 686 g/mol. The number of aryl methyl sites for hydroxylation is 1. The minimum atomic E-state index is -1.54. The van der Waals surface area contributed by atoms with E-state index in [1.165, 1.54) is 0 Å². The molecule has 18 nitrogen and oxygen atoms in total. The zero-order valence-corrected chi connectivity index (χ0v) is 26.9. The number of aliphatic hydroxyl groups excluding tert-OH is 4. The molecule has 3 aliphatic rings. The minimum absolute atomic E-state index is 0.0219. The van der Waals surface area contributed by atoms with Crippen LogP contribution in [0.2, 0.25) is 0 Å². The van der Waals surface area contributed by atoms with Crippen LogP contribution >= 0.6 is 0 Å². The third kappa shape index (κ3) is 9.78. The molecule has 48 heavy (non-hydrogen) atoms. The molecular weight excluding hydrogens is 634 g/mol. The number of amides is 2. The van der Waals surface area contributed by atoms with E-state index in [4.69, 9.17) is 52.4 Å². The third-order valence-corrected chi connectivity index (χ3v) is 8.80. The lowest BCUT2D eigenvalue weighted by Crippen LogP contribution is -2.68. The summed E-state index contributed by atoms with van der Waals surface area (Å²) in [5.74, 6) is -0.616. The highest BCUT2D eigenvalue weighted by molar-refractivity contribution is 5.89. The Kier molecular flexibility index (Phi) is 13.9. The van der Waals surface area contributed by atoms with Gasteiger partial charge in [-0.15, -0.1) is 0 Å². The Bertz CT molecular complexity index is 1190. The highest BCUT2D eigenvalue weighted by atomic mass is 16.7. The topological polar surface area (TPSA) is 315 Å². The standard InChI is InChI=1S/C30H51N7O11/c1-13-4-6-14(7-5-13)37-30(43)36-8-2-3-21(39)44-12-20-23(40)22(35)24(41)29(46-20)48-27-16(33)9-15(32)26(25(27)42)47-28-17(34)10-18(38)19(11-31)45-28/h4-7,15-20,22-29,38,40-42H,2-3,8-12,31-35H2,1H3,(H2,36,37,43). The molecule has 14 atom stereocenters. The number of aliphatic hydroxyl groups is 4. The molecule has 0 aromatic heterocycles. The van der Waals surface area contributed by atoms with Crippen LogP contribution in [0.4, 0.5) is 10.5 Å². The van der Waals surface area contributed by atoms with Crippen molar-refractivity contribution in [3.05, 3.63) is 29.8 Å². The fourth-order valence-corrected chi connectivity index (χ4v) is 5.91. The van der Waals surface area contributed by atoms with E-state index in [2.05, 4.69) is 10.6 Å². The van der Waals surface area contributed by atoms with Gasteiger partial charge in [0.2, 0.25) is 0 Å². The molecule has 1 saturated carbocycles. The Morgan fingerprint density at radius 1 is 0.854 bits per heavy atom. The second-order valence-corrected chi connectivity index (χ2v) is 12.6. The van der Waals surface area contributed by atoms with Crippen molar-refractivity contribution >= 4 is 17.7 Å². The molecule has 0 radical (unpaired) electrons. The number of anilines is 1. The Labute approximate surface area is 278 Å². The summed E-state index contributed by atoms with van der Waals surface area (Å²) in [5.41, 5.74) is 32.1. The molecule has 16 N–H and O–H groups in total. The molecule has 1 aliphatic carbocycles. The lowest BCUT2D eigenvalue weighted by Gasteiger charge is -2.47. The van der Waals surface area contributed by atoms with Gasteiger partial charge in [-0.1, -0.05) is 17.7 Å². The molecule has 2 heterocycles. The maximum Gasteiger partial charge on any atom is 0.319 e. The van der Waals surface area contributed by atoms with Gasteiger partial charge in [-0.2, -0.15) is 0 Å². The van der Waals surface area contributed by atoms with Crippen molar-refractivity contribution in [2.45, 2.75) is 118 Å². The number of carbonyl (C=O) groups is 2. The number of carbonyl (C=O) groups excluding carboxylic acids is 2. The average Bonchev–Trinajstić information content (AvgIpc) is 3.04. The van der Waals surface area contributed by atoms with Crippen LogP contribution in [0.25, 0.3) is 0 Å². The van der Waals surface area contributed by atoms with E-state index < -0.39 is 104 Å². The fraction of sp³-hybridized carbons (Fsp3) is 0.733. The highest BCUT2D eigenvalue weighted by Crippen LogP contribution is 2.31. The normalized spacial score (nSPS) is 38.6. The van der Waals surface area contributed by atoms with Crippen LogP contribution in [0.5, 0.6) is 0 Å². The van der Waals surface area contributed by atoms with E-state index >= 15 is 0 Å². The molecule has 14 unspecified atom stereocenters. The van der Waals surface area contributed by atoms with Crippen LogP contribution in [-0.2, 0) is 28.5 Å². The lowest BCUT2D eigenvalue weighted by atomic mass is 9.84. The maximum absolute atomic E-state index is 12.4. The minimum Gasteiger partial charge on any atom is -0.463 e. The lowest BCUT2D eigenvalue weighted by molar-refractivity contribution is -0.315. The number of urea groups is 1. The van der Waals surface area contributed by atoms with Gasteiger partial charge in [0.1, 0.15) is 43.2 Å². The van der Waals surface area contributed by atoms with Crippen LogP contribution in [0.15, 0.2) is 24.3 Å². The van der Waals surface area contributed by atoms with E-state index in [1.54, 1.807) is 12.1 Å². The van der Waals surface area contributed by atoms with Crippen molar-refractivity contribution in [2.24, 2.45) is 28.7 Å². The summed E-state index contributed by atoms with van der Waals surface area (Å²) in [7, 11) is 0. The first-order valence-electron chi connectivity index (χ1n) is 16.1. The van der Waals surface area contributed by atoms with Gasteiger partial charge >= 0.3 is 12.0 Å². The number of rotatable bonds is 12. The van der Waals surface area contributed by atoms with Crippen LogP contribution in [0, 0.1) is 6.92 Å². The molecule has 2 saturated heterocycles. The number of esters is 1. The van der Waals surface area contributed by atoms with Crippen molar-refractivity contribution in [3.8, 4) is 0 Å². The Morgan fingerprint density at radius 3 is 2.12 bits per heavy atom. The van der Waals surface area contributed by atoms with Crippen LogP contribution in [0.3, 0.4) is 0 Å². The van der Waals surface area contributed by atoms with Gasteiger partial charge < -0.3 is 83.4 Å². The monoisotopic (exact) mass is 685 g/mol. The Balaban J connectivity index is 1.26. The van der Waals surface area contributed by atoms with Crippen LogP contribution in [0.1, 0.15) is 31.2 Å². The predicted octanol–water partition coefficient (Wildman–Crippen LogP) is -3.83. The summed E-state index contributed by atoms with van der Waals surface area (Å²) in [6.45, 7) is 1.75. The first-order chi connectivity index (χ1) is 22.8. The van der Waals surface area contributed by atoms with E-state index in [0.29, 0.717) is 5.69 Å². The number of nitrogens with one attached hydrogen (secondary N) is 2. The maximum atomic E-state index is 12.4. The Hall–Kier alpha value is -2.56. The molecule has 272 valence electrons. The van der Waals surface area contributed by atoms with Gasteiger partial charge in [0.05, 0.1) is 24.3 Å². The van der Waals surface area contributed by atoms with Crippen LogP contribution in [-0.4, -0.2) is 138 Å². The molecule has 2 amide bonds. The SMILES string of the molecule is Cc1ccc(NC(=O)NCCCC(=O)OCC2OC(OC3C(N)CC(N)C(OC4OC(CN)C(O)CC4N)C3O)C(O)C(N)C2O)cc1. The largest absolute Gasteiger partial charge is 0.463 e. The van der Waals surface area contributed by atoms with Gasteiger partial charge in [-0.25, -0.2) is 4.79 Å². The summed E-state index contributed by atoms with van der Waals surface area (Å²) >= 11 is 0. The first-order valence-corrected chi connectivity index (χ1v) is 16.1. The summed E-state index contributed by atoms with van der Waals surface area (Å²) in [6, 6.07) is 3.30. The molecule has 0 spiro atoms. The van der Waals surface area contributed by atoms with Crippen molar-refractivity contribution in [2.75, 3.05) is 25.0 Å². The zero-order valence-electron chi connectivity index (χ0n) is 26.9.